The van der Waals surface area contributed by atoms with E-state index in [1.54, 1.807) is 0 Å². The van der Waals surface area contributed by atoms with E-state index in [-0.39, 0.29) is 0 Å². The molecule has 1 aliphatic carbocycles. The molecule has 4 rings (SSSR count). The van der Waals surface area contributed by atoms with Gasteiger partial charge < -0.3 is 15.4 Å². The molecule has 5 nitrogen and oxygen atoms in total. The molecule has 0 spiro atoms. The van der Waals surface area contributed by atoms with Crippen molar-refractivity contribution in [3.05, 3.63) is 30.1 Å². The van der Waals surface area contributed by atoms with Gasteiger partial charge in [-0.2, -0.15) is 0 Å². The van der Waals surface area contributed by atoms with E-state index >= 15 is 0 Å². The summed E-state index contributed by atoms with van der Waals surface area (Å²) < 4.78 is 2.20. The second-order valence-electron chi connectivity index (χ2n) is 7.06. The Labute approximate surface area is 141 Å². The number of para-hydroxylation sites is 1. The third kappa shape index (κ3) is 2.53. The minimum atomic E-state index is -0.532. The van der Waals surface area contributed by atoms with Gasteiger partial charge in [-0.1, -0.05) is 37.5 Å². The maximum absolute atomic E-state index is 10.8. The number of nitrogens with two attached hydrogens (primary N) is 1. The van der Waals surface area contributed by atoms with E-state index in [0.29, 0.717) is 5.82 Å². The van der Waals surface area contributed by atoms with Crippen molar-refractivity contribution in [2.45, 2.75) is 57.6 Å². The molecule has 2 heterocycles. The van der Waals surface area contributed by atoms with E-state index < -0.39 is 5.60 Å². The van der Waals surface area contributed by atoms with Crippen molar-refractivity contribution in [2.75, 3.05) is 5.73 Å². The Hall–Kier alpha value is -2.14. The van der Waals surface area contributed by atoms with Gasteiger partial charge in [0.25, 0.3) is 0 Å². The zero-order valence-corrected chi connectivity index (χ0v) is 14.1. The number of aromatic nitrogens is 3. The van der Waals surface area contributed by atoms with Crippen molar-refractivity contribution in [2.24, 2.45) is 0 Å². The average Bonchev–Trinajstić information content (AvgIpc) is 2.91. The molecule has 24 heavy (non-hydrogen) atoms. The highest BCUT2D eigenvalue weighted by atomic mass is 16.3. The molecule has 1 aromatic carbocycles. The maximum Gasteiger partial charge on any atom is 0.152 e. The van der Waals surface area contributed by atoms with E-state index in [4.69, 9.17) is 5.73 Å². The van der Waals surface area contributed by atoms with Crippen molar-refractivity contribution < 1.29 is 5.11 Å². The molecule has 126 valence electrons. The molecule has 3 N–H and O–H groups in total. The molecule has 1 aliphatic rings. The van der Waals surface area contributed by atoms with E-state index in [0.717, 1.165) is 66.4 Å². The minimum absolute atomic E-state index is 0.474. The lowest BCUT2D eigenvalue weighted by atomic mass is 9.82. The van der Waals surface area contributed by atoms with Gasteiger partial charge in [0.2, 0.25) is 0 Å². The number of anilines is 1. The van der Waals surface area contributed by atoms with E-state index in [1.807, 2.05) is 25.1 Å². The first-order valence-electron chi connectivity index (χ1n) is 8.81. The van der Waals surface area contributed by atoms with Gasteiger partial charge in [0.05, 0.1) is 16.6 Å². The minimum Gasteiger partial charge on any atom is -0.390 e. The molecule has 0 saturated heterocycles. The molecular formula is C19H24N4O. The van der Waals surface area contributed by atoms with Gasteiger partial charge in [0.15, 0.2) is 5.82 Å². The number of aryl methyl sites for hydroxylation is 2. The Bertz CT molecular complexity index is 893. The average molecular weight is 324 g/mol. The number of aliphatic hydroxyl groups is 1. The molecule has 0 atom stereocenters. The SMILES string of the molecule is Cc1nc2c(N)nc3ccccc3c2n1CCC1(O)CCCCC1. The van der Waals surface area contributed by atoms with Crippen LogP contribution in [0.1, 0.15) is 44.3 Å². The number of rotatable bonds is 3. The summed E-state index contributed by atoms with van der Waals surface area (Å²) in [5.41, 5.74) is 8.29. The number of hydrogen-bond acceptors (Lipinski definition) is 4. The van der Waals surface area contributed by atoms with Crippen molar-refractivity contribution >= 4 is 27.8 Å². The predicted molar refractivity (Wildman–Crippen MR) is 96.8 cm³/mol. The molecule has 5 heteroatoms. The quantitative estimate of drug-likeness (QED) is 0.772. The number of pyridine rings is 1. The lowest BCUT2D eigenvalue weighted by Crippen LogP contribution is -2.32. The molecule has 0 amide bonds. The van der Waals surface area contributed by atoms with Gasteiger partial charge in [-0.3, -0.25) is 0 Å². The third-order valence-corrected chi connectivity index (χ3v) is 5.39. The number of nitrogens with zero attached hydrogens (tertiary/aromatic N) is 3. The fourth-order valence-electron chi connectivity index (χ4n) is 4.02. The third-order valence-electron chi connectivity index (χ3n) is 5.39. The van der Waals surface area contributed by atoms with Crippen LogP contribution in [-0.2, 0) is 6.54 Å². The molecule has 0 radical (unpaired) electrons. The Morgan fingerprint density at radius 1 is 1.17 bits per heavy atom. The van der Waals surface area contributed by atoms with Gasteiger partial charge >= 0.3 is 0 Å². The standard InChI is InChI=1S/C19H24N4O/c1-13-21-16-17(14-7-3-4-8-15(14)22-18(16)20)23(13)12-11-19(24)9-5-2-6-10-19/h3-4,7-8,24H,2,5-6,9-12H2,1H3,(H2,20,22). The highest BCUT2D eigenvalue weighted by molar-refractivity contribution is 6.06. The van der Waals surface area contributed by atoms with Crippen LogP contribution >= 0.6 is 0 Å². The monoisotopic (exact) mass is 324 g/mol. The number of imidazole rings is 1. The van der Waals surface area contributed by atoms with E-state index in [1.165, 1.54) is 6.42 Å². The van der Waals surface area contributed by atoms with Crippen LogP contribution in [0.3, 0.4) is 0 Å². The normalized spacial score (nSPS) is 17.6. The molecule has 1 saturated carbocycles. The Kier molecular flexibility index (Phi) is 3.68. The summed E-state index contributed by atoms with van der Waals surface area (Å²) in [4.78, 5) is 9.12. The summed E-state index contributed by atoms with van der Waals surface area (Å²) in [5.74, 6) is 1.40. The fourth-order valence-corrected chi connectivity index (χ4v) is 4.02. The van der Waals surface area contributed by atoms with Gasteiger partial charge in [-0.15, -0.1) is 0 Å². The van der Waals surface area contributed by atoms with Crippen LogP contribution in [0.15, 0.2) is 24.3 Å². The van der Waals surface area contributed by atoms with Crippen LogP contribution in [0.4, 0.5) is 5.82 Å². The van der Waals surface area contributed by atoms with Crippen LogP contribution < -0.4 is 5.73 Å². The van der Waals surface area contributed by atoms with E-state index in [2.05, 4.69) is 20.6 Å². The Balaban J connectivity index is 1.78. The second-order valence-corrected chi connectivity index (χ2v) is 7.06. The van der Waals surface area contributed by atoms with Crippen LogP contribution in [-0.4, -0.2) is 25.2 Å². The first-order valence-corrected chi connectivity index (χ1v) is 8.81. The summed E-state index contributed by atoms with van der Waals surface area (Å²) in [6.45, 7) is 2.76. The van der Waals surface area contributed by atoms with Crippen LogP contribution in [0.2, 0.25) is 0 Å². The number of benzene rings is 1. The van der Waals surface area contributed by atoms with Crippen molar-refractivity contribution in [1.82, 2.24) is 14.5 Å². The molecule has 3 aromatic rings. The van der Waals surface area contributed by atoms with Gasteiger partial charge in [-0.05, 0) is 32.3 Å². The maximum atomic E-state index is 10.8. The molecule has 0 unspecified atom stereocenters. The van der Waals surface area contributed by atoms with Crippen LogP contribution in [0, 0.1) is 6.92 Å². The molecule has 0 aliphatic heterocycles. The van der Waals surface area contributed by atoms with Crippen LogP contribution in [0.5, 0.6) is 0 Å². The summed E-state index contributed by atoms with van der Waals surface area (Å²) in [6.07, 6.45) is 6.06. The number of nitrogen functional groups attached to an aromatic ring is 1. The summed E-state index contributed by atoms with van der Waals surface area (Å²) in [5, 5.41) is 11.9. The largest absolute Gasteiger partial charge is 0.390 e. The Morgan fingerprint density at radius 2 is 1.92 bits per heavy atom. The second kappa shape index (κ2) is 5.74. The zero-order chi connectivity index (χ0) is 16.7. The van der Waals surface area contributed by atoms with Crippen molar-refractivity contribution in [3.63, 3.8) is 0 Å². The van der Waals surface area contributed by atoms with Gasteiger partial charge in [0, 0.05) is 11.9 Å². The first kappa shape index (κ1) is 15.4. The first-order chi connectivity index (χ1) is 11.6. The molecule has 1 fully saturated rings. The highest BCUT2D eigenvalue weighted by Gasteiger charge is 2.29. The van der Waals surface area contributed by atoms with Crippen molar-refractivity contribution in [1.29, 1.82) is 0 Å². The number of hydrogen-bond donors (Lipinski definition) is 2. The lowest BCUT2D eigenvalue weighted by molar-refractivity contribution is -0.00712. The van der Waals surface area contributed by atoms with Gasteiger partial charge in [0.1, 0.15) is 11.3 Å². The summed E-state index contributed by atoms with van der Waals surface area (Å²) in [6, 6.07) is 8.03. The smallest absolute Gasteiger partial charge is 0.152 e. The molecule has 0 bridgehead atoms. The lowest BCUT2D eigenvalue weighted by Gasteiger charge is -2.32. The van der Waals surface area contributed by atoms with Crippen LogP contribution in [0.25, 0.3) is 21.9 Å². The Morgan fingerprint density at radius 3 is 2.71 bits per heavy atom. The summed E-state index contributed by atoms with van der Waals surface area (Å²) >= 11 is 0. The summed E-state index contributed by atoms with van der Waals surface area (Å²) in [7, 11) is 0. The fraction of sp³-hybridized carbons (Fsp3) is 0.474. The number of fused-ring (bicyclic) bond motifs is 3. The predicted octanol–water partition coefficient (Wildman–Crippen LogP) is 3.56. The topological polar surface area (TPSA) is 77.0 Å². The highest BCUT2D eigenvalue weighted by Crippen LogP contribution is 2.33. The van der Waals surface area contributed by atoms with Crippen molar-refractivity contribution in [3.8, 4) is 0 Å². The van der Waals surface area contributed by atoms with Gasteiger partial charge in [-0.25, -0.2) is 9.97 Å². The zero-order valence-electron chi connectivity index (χ0n) is 14.1. The molecular weight excluding hydrogens is 300 g/mol. The molecule has 2 aromatic heterocycles. The van der Waals surface area contributed by atoms with E-state index in [9.17, 15) is 5.11 Å².